The average Bonchev–Trinajstić information content (AvgIpc) is 2.93. The van der Waals surface area contributed by atoms with Crippen LogP contribution in [0.3, 0.4) is 0 Å². The van der Waals surface area contributed by atoms with E-state index in [1.165, 1.54) is 57.1 Å². The summed E-state index contributed by atoms with van der Waals surface area (Å²) in [5.74, 6) is 1.02. The molecule has 2 saturated carbocycles. The van der Waals surface area contributed by atoms with Crippen LogP contribution in [-0.2, 0) is 16.0 Å². The first kappa shape index (κ1) is 29.5. The van der Waals surface area contributed by atoms with Gasteiger partial charge in [0.1, 0.15) is 11.9 Å². The zero-order valence-corrected chi connectivity index (χ0v) is 25.4. The molecule has 1 N–H and O–H groups in total. The maximum Gasteiger partial charge on any atom is 0.245 e. The van der Waals surface area contributed by atoms with Gasteiger partial charge in [0, 0.05) is 32.1 Å². The number of amides is 2. The summed E-state index contributed by atoms with van der Waals surface area (Å²) in [6.45, 7) is 9.67. The second kappa shape index (κ2) is 12.1. The first-order valence-corrected chi connectivity index (χ1v) is 16.1. The SMILES string of the molecule is CN1C[C@@H]2CC[C@H]1C(C(=O)N[C@H](Cc1ccc(F)cc1)C(=O)N1CCC(CC(C)(C)C)(C3CCCCC3)CC1)C2. The van der Waals surface area contributed by atoms with E-state index in [9.17, 15) is 14.0 Å². The van der Waals surface area contributed by atoms with E-state index in [0.717, 1.165) is 56.8 Å². The minimum atomic E-state index is -0.617. The van der Waals surface area contributed by atoms with E-state index in [1.54, 1.807) is 12.1 Å². The fourth-order valence-corrected chi connectivity index (χ4v) is 8.99. The summed E-state index contributed by atoms with van der Waals surface area (Å²) >= 11 is 0. The highest BCUT2D eigenvalue weighted by Gasteiger charge is 2.46. The highest BCUT2D eigenvalue weighted by Crippen LogP contribution is 2.52. The van der Waals surface area contributed by atoms with Gasteiger partial charge in [0.25, 0.3) is 0 Å². The number of fused-ring (bicyclic) bond motifs is 3. The van der Waals surface area contributed by atoms with Gasteiger partial charge in [-0.2, -0.15) is 0 Å². The Morgan fingerprint density at radius 1 is 1.02 bits per heavy atom. The Morgan fingerprint density at radius 3 is 2.30 bits per heavy atom. The highest BCUT2D eigenvalue weighted by molar-refractivity contribution is 5.89. The number of carbonyl (C=O) groups excluding carboxylic acids is 2. The van der Waals surface area contributed by atoms with Crippen LogP contribution in [0.5, 0.6) is 0 Å². The Hall–Kier alpha value is -1.95. The Kier molecular flexibility index (Phi) is 8.94. The van der Waals surface area contributed by atoms with Crippen molar-refractivity contribution in [3.05, 3.63) is 35.6 Å². The normalized spacial score (nSPS) is 28.3. The predicted octanol–water partition coefficient (Wildman–Crippen LogP) is 6.21. The number of hydrogen-bond donors (Lipinski definition) is 1. The molecule has 1 aromatic carbocycles. The van der Waals surface area contributed by atoms with Gasteiger partial charge in [0.05, 0.1) is 5.92 Å². The third kappa shape index (κ3) is 6.74. The van der Waals surface area contributed by atoms with Gasteiger partial charge < -0.3 is 15.1 Å². The van der Waals surface area contributed by atoms with E-state index in [4.69, 9.17) is 0 Å². The van der Waals surface area contributed by atoms with E-state index in [2.05, 4.69) is 38.0 Å². The van der Waals surface area contributed by atoms with E-state index in [-0.39, 0.29) is 35.0 Å². The van der Waals surface area contributed by atoms with Crippen LogP contribution >= 0.6 is 0 Å². The standard InChI is InChI=1S/C34H52FN3O2/c1-33(2,3)23-34(26-8-6-5-7-9-26)16-18-38(19-17-34)32(40)29(21-24-10-13-27(35)14-11-24)36-31(39)28-20-25-12-15-30(28)37(4)22-25/h10-11,13-14,25-26,28-30H,5-9,12,15-23H2,1-4H3,(H,36,39)/t25-,28?,29-,30+/m1/s1. The van der Waals surface area contributed by atoms with Crippen molar-refractivity contribution in [2.45, 2.75) is 110 Å². The second-order valence-electron chi connectivity index (χ2n) is 14.9. The summed E-state index contributed by atoms with van der Waals surface area (Å²) in [4.78, 5) is 32.1. The van der Waals surface area contributed by atoms with Crippen molar-refractivity contribution in [3.8, 4) is 0 Å². The minimum absolute atomic E-state index is 0.0167. The summed E-state index contributed by atoms with van der Waals surface area (Å²) in [5.41, 5.74) is 1.44. The van der Waals surface area contributed by atoms with Crippen LogP contribution in [0.15, 0.2) is 24.3 Å². The molecule has 6 rings (SSSR count). The number of piperidine rings is 3. The van der Waals surface area contributed by atoms with Gasteiger partial charge >= 0.3 is 0 Å². The van der Waals surface area contributed by atoms with Crippen molar-refractivity contribution in [2.24, 2.45) is 28.6 Å². The van der Waals surface area contributed by atoms with Gasteiger partial charge in [-0.15, -0.1) is 0 Å². The summed E-state index contributed by atoms with van der Waals surface area (Å²) in [6, 6.07) is 6.01. The fourth-order valence-electron chi connectivity index (χ4n) is 8.99. The molecule has 1 aromatic rings. The Labute approximate surface area is 241 Å². The highest BCUT2D eigenvalue weighted by atomic mass is 19.1. The number of carbonyl (C=O) groups is 2. The second-order valence-corrected chi connectivity index (χ2v) is 14.9. The van der Waals surface area contributed by atoms with Crippen molar-refractivity contribution >= 4 is 11.8 Å². The van der Waals surface area contributed by atoms with Gasteiger partial charge in [-0.05, 0) is 98.8 Å². The first-order valence-electron chi connectivity index (χ1n) is 16.1. The molecule has 6 heteroatoms. The molecular formula is C34H52FN3O2. The van der Waals surface area contributed by atoms with Crippen molar-refractivity contribution < 1.29 is 14.0 Å². The van der Waals surface area contributed by atoms with Gasteiger partial charge in [-0.25, -0.2) is 4.39 Å². The molecule has 3 heterocycles. The number of nitrogens with one attached hydrogen (secondary N) is 1. The van der Waals surface area contributed by atoms with Gasteiger partial charge in [0.2, 0.25) is 11.8 Å². The molecule has 3 aliphatic heterocycles. The monoisotopic (exact) mass is 553 g/mol. The number of likely N-dealkylation sites (tertiary alicyclic amines) is 1. The maximum absolute atomic E-state index is 14.1. The van der Waals surface area contributed by atoms with Crippen LogP contribution in [0.2, 0.25) is 0 Å². The predicted molar refractivity (Wildman–Crippen MR) is 158 cm³/mol. The van der Waals surface area contributed by atoms with Crippen molar-refractivity contribution in [1.29, 1.82) is 0 Å². The summed E-state index contributed by atoms with van der Waals surface area (Å²) < 4.78 is 13.6. The van der Waals surface area contributed by atoms with E-state index < -0.39 is 6.04 Å². The third-order valence-electron chi connectivity index (χ3n) is 10.8. The van der Waals surface area contributed by atoms with Crippen LogP contribution in [-0.4, -0.2) is 60.4 Å². The van der Waals surface area contributed by atoms with Crippen molar-refractivity contribution in [1.82, 2.24) is 15.1 Å². The lowest BCUT2D eigenvalue weighted by Crippen LogP contribution is -2.59. The molecular weight excluding hydrogens is 501 g/mol. The smallest absolute Gasteiger partial charge is 0.245 e. The molecule has 5 aliphatic rings. The lowest BCUT2D eigenvalue weighted by molar-refractivity contribution is -0.142. The van der Waals surface area contributed by atoms with Gasteiger partial charge in [-0.1, -0.05) is 52.2 Å². The van der Waals surface area contributed by atoms with Crippen LogP contribution in [0, 0.1) is 34.4 Å². The average molecular weight is 554 g/mol. The Balaban J connectivity index is 1.30. The third-order valence-corrected chi connectivity index (χ3v) is 10.8. The van der Waals surface area contributed by atoms with E-state index in [0.29, 0.717) is 17.8 Å². The molecule has 3 saturated heterocycles. The lowest BCUT2D eigenvalue weighted by Gasteiger charge is -2.51. The lowest BCUT2D eigenvalue weighted by atomic mass is 9.58. The number of hydrogen-bond acceptors (Lipinski definition) is 3. The molecule has 222 valence electrons. The zero-order valence-electron chi connectivity index (χ0n) is 25.4. The van der Waals surface area contributed by atoms with Gasteiger partial charge in [0.15, 0.2) is 0 Å². The largest absolute Gasteiger partial charge is 0.344 e. The van der Waals surface area contributed by atoms with Crippen molar-refractivity contribution in [3.63, 3.8) is 0 Å². The molecule has 40 heavy (non-hydrogen) atoms. The van der Waals surface area contributed by atoms with Crippen LogP contribution < -0.4 is 5.32 Å². The van der Waals surface area contributed by atoms with E-state index in [1.807, 2.05) is 4.90 Å². The van der Waals surface area contributed by atoms with Gasteiger partial charge in [-0.3, -0.25) is 9.59 Å². The molecule has 2 amide bonds. The van der Waals surface area contributed by atoms with Crippen LogP contribution in [0.1, 0.15) is 97.0 Å². The molecule has 4 atom stereocenters. The molecule has 5 fully saturated rings. The molecule has 2 aliphatic carbocycles. The topological polar surface area (TPSA) is 52.7 Å². The summed E-state index contributed by atoms with van der Waals surface area (Å²) in [5, 5.41) is 3.22. The zero-order chi connectivity index (χ0) is 28.5. The molecule has 0 spiro atoms. The summed E-state index contributed by atoms with van der Waals surface area (Å²) in [6.07, 6.45) is 13.6. The summed E-state index contributed by atoms with van der Waals surface area (Å²) in [7, 11) is 2.13. The first-order chi connectivity index (χ1) is 19.0. The fraction of sp³-hybridized carbons (Fsp3) is 0.765. The van der Waals surface area contributed by atoms with E-state index >= 15 is 0 Å². The number of halogens is 1. The Morgan fingerprint density at radius 2 is 1.70 bits per heavy atom. The molecule has 5 nitrogen and oxygen atoms in total. The number of benzene rings is 1. The maximum atomic E-state index is 14.1. The van der Waals surface area contributed by atoms with Crippen LogP contribution in [0.25, 0.3) is 0 Å². The molecule has 2 bridgehead atoms. The number of rotatable bonds is 7. The molecule has 1 unspecified atom stereocenters. The minimum Gasteiger partial charge on any atom is -0.344 e. The Bertz CT molecular complexity index is 1020. The number of nitrogens with zero attached hydrogens (tertiary/aromatic N) is 2. The molecule has 0 radical (unpaired) electrons. The molecule has 0 aromatic heterocycles. The van der Waals surface area contributed by atoms with Crippen molar-refractivity contribution in [2.75, 3.05) is 26.7 Å². The quantitative estimate of drug-likeness (QED) is 0.437. The van der Waals surface area contributed by atoms with Crippen LogP contribution in [0.4, 0.5) is 4.39 Å².